The van der Waals surface area contributed by atoms with E-state index in [-0.39, 0.29) is 19.2 Å². The van der Waals surface area contributed by atoms with E-state index >= 15 is 0 Å². The number of methoxy groups -OCH3 is 1. The molecule has 210 valence electrons. The molecule has 0 aromatic heterocycles. The van der Waals surface area contributed by atoms with Gasteiger partial charge in [-0.15, -0.1) is 0 Å². The van der Waals surface area contributed by atoms with Crippen molar-refractivity contribution in [3.8, 4) is 5.75 Å². The van der Waals surface area contributed by atoms with Gasteiger partial charge in [-0.1, -0.05) is 87.6 Å². The van der Waals surface area contributed by atoms with Gasteiger partial charge in [-0.3, -0.25) is 4.79 Å². The van der Waals surface area contributed by atoms with Gasteiger partial charge in [0, 0.05) is 6.42 Å². The maximum atomic E-state index is 12.2. The highest BCUT2D eigenvalue weighted by Gasteiger charge is 2.12. The molecular weight excluding hydrogens is 476 g/mol. The maximum absolute atomic E-state index is 12.2. The average molecular weight is 525 g/mol. The fourth-order valence-corrected chi connectivity index (χ4v) is 3.69. The van der Waals surface area contributed by atoms with Crippen LogP contribution >= 0.6 is 0 Å². The van der Waals surface area contributed by atoms with E-state index in [2.05, 4.69) is 31.2 Å². The Morgan fingerprint density at radius 1 is 0.789 bits per heavy atom. The Morgan fingerprint density at radius 2 is 1.45 bits per heavy atom. The molecule has 0 aliphatic rings. The first kappa shape index (κ1) is 32.9. The molecule has 1 rings (SSSR count). The molecule has 0 radical (unpaired) electrons. The lowest BCUT2D eigenvalue weighted by Crippen LogP contribution is -2.15. The number of ether oxygens (including phenoxy) is 3. The topological polar surface area (TPSA) is 61.8 Å². The Hall–Kier alpha value is -3.08. The first-order chi connectivity index (χ1) is 18.6. The van der Waals surface area contributed by atoms with E-state index < -0.39 is 5.97 Å². The number of allylic oxidation sites excluding steroid dienone is 5. The first-order valence-corrected chi connectivity index (χ1v) is 14.2. The van der Waals surface area contributed by atoms with Gasteiger partial charge in [0.15, 0.2) is 0 Å². The molecule has 0 aliphatic carbocycles. The van der Waals surface area contributed by atoms with Crippen LogP contribution < -0.4 is 4.74 Å². The lowest BCUT2D eigenvalue weighted by atomic mass is 10.1. The average Bonchev–Trinajstić information content (AvgIpc) is 2.93. The molecule has 0 spiro atoms. The minimum Gasteiger partial charge on any atom is -0.497 e. The van der Waals surface area contributed by atoms with E-state index in [0.29, 0.717) is 12.0 Å². The van der Waals surface area contributed by atoms with Crippen molar-refractivity contribution in [3.05, 3.63) is 71.9 Å². The zero-order valence-electron chi connectivity index (χ0n) is 23.8. The van der Waals surface area contributed by atoms with Gasteiger partial charge in [-0.05, 0) is 69.2 Å². The van der Waals surface area contributed by atoms with Crippen LogP contribution in [0.25, 0.3) is 6.08 Å². The summed E-state index contributed by atoms with van der Waals surface area (Å²) >= 11 is 0. The van der Waals surface area contributed by atoms with Crippen LogP contribution in [-0.4, -0.2) is 32.3 Å². The zero-order valence-corrected chi connectivity index (χ0v) is 23.8. The van der Waals surface area contributed by atoms with Gasteiger partial charge in [0.05, 0.1) is 12.7 Å². The number of hydrogen-bond donors (Lipinski definition) is 0. The van der Waals surface area contributed by atoms with Gasteiger partial charge >= 0.3 is 11.9 Å². The minimum atomic E-state index is -0.475. The third kappa shape index (κ3) is 17.4. The van der Waals surface area contributed by atoms with Crippen molar-refractivity contribution in [1.29, 1.82) is 0 Å². The summed E-state index contributed by atoms with van der Waals surface area (Å²) in [7, 11) is 1.62. The summed E-state index contributed by atoms with van der Waals surface area (Å²) in [5.41, 5.74) is 1.33. The summed E-state index contributed by atoms with van der Waals surface area (Å²) < 4.78 is 15.7. The Bertz CT molecular complexity index is 877. The van der Waals surface area contributed by atoms with Crippen LogP contribution in [0.2, 0.25) is 0 Å². The summed E-state index contributed by atoms with van der Waals surface area (Å²) in [4.78, 5) is 24.3. The van der Waals surface area contributed by atoms with Crippen LogP contribution in [0.1, 0.15) is 96.5 Å². The molecule has 0 saturated carbocycles. The predicted octanol–water partition coefficient (Wildman–Crippen LogP) is 8.55. The second-order valence-corrected chi connectivity index (χ2v) is 9.23. The number of esters is 2. The maximum Gasteiger partial charge on any atom is 0.337 e. The molecule has 0 unspecified atom stereocenters. The normalized spacial score (nSPS) is 12.0. The molecule has 0 N–H and O–H groups in total. The van der Waals surface area contributed by atoms with Crippen LogP contribution in [0.3, 0.4) is 0 Å². The van der Waals surface area contributed by atoms with Crippen LogP contribution in [0.4, 0.5) is 0 Å². The van der Waals surface area contributed by atoms with Gasteiger partial charge in [-0.2, -0.15) is 0 Å². The highest BCUT2D eigenvalue weighted by Crippen LogP contribution is 2.13. The molecule has 5 heteroatoms. The highest BCUT2D eigenvalue weighted by molar-refractivity contribution is 5.89. The SMILES string of the molecule is C/C=C(/COC(=O)CCCCCCC/C=C\C/C=C\CCCCC)C(=O)OC/C=C/c1ccc(OC)cc1. The fraction of sp³-hybridized carbons (Fsp3) is 0.515. The second kappa shape index (κ2) is 23.1. The van der Waals surface area contributed by atoms with Gasteiger partial charge in [0.1, 0.15) is 19.0 Å². The summed E-state index contributed by atoms with van der Waals surface area (Å²) in [5, 5.41) is 0. The minimum absolute atomic E-state index is 0.0589. The number of carbonyl (C=O) groups is 2. The summed E-state index contributed by atoms with van der Waals surface area (Å²) in [6.07, 6.45) is 27.3. The molecule has 1 aromatic carbocycles. The van der Waals surface area contributed by atoms with Gasteiger partial charge in [-0.25, -0.2) is 4.79 Å². The van der Waals surface area contributed by atoms with Crippen molar-refractivity contribution in [1.82, 2.24) is 0 Å². The van der Waals surface area contributed by atoms with Gasteiger partial charge < -0.3 is 14.2 Å². The highest BCUT2D eigenvalue weighted by atomic mass is 16.5. The third-order valence-electron chi connectivity index (χ3n) is 6.07. The monoisotopic (exact) mass is 524 g/mol. The van der Waals surface area contributed by atoms with E-state index in [1.165, 1.54) is 38.5 Å². The molecule has 0 aliphatic heterocycles. The number of carbonyl (C=O) groups excluding carboxylic acids is 2. The molecule has 1 aromatic rings. The van der Waals surface area contributed by atoms with Crippen LogP contribution in [0.5, 0.6) is 5.75 Å². The standard InChI is InChI=1S/C33H48O5/c1-4-6-7-8-9-10-11-12-13-14-15-16-17-18-19-22-32(34)38-28-30(5-2)33(35)37-27-20-21-29-23-25-31(36-3)26-24-29/h5,9-10,12-13,20-21,23-26H,4,6-8,11,14-19,22,27-28H2,1-3H3/b10-9-,13-12-,21-20+,30-5-. The molecule has 0 fully saturated rings. The number of hydrogen-bond acceptors (Lipinski definition) is 5. The van der Waals surface area contributed by atoms with Crippen LogP contribution in [-0.2, 0) is 19.1 Å². The predicted molar refractivity (Wildman–Crippen MR) is 157 cm³/mol. The van der Waals surface area contributed by atoms with Crippen molar-refractivity contribution in [2.45, 2.75) is 90.9 Å². The molecule has 0 amide bonds. The Balaban J connectivity index is 2.06. The smallest absolute Gasteiger partial charge is 0.337 e. The Labute approximate surface area is 230 Å². The van der Waals surface area contributed by atoms with Crippen molar-refractivity contribution >= 4 is 18.0 Å². The summed E-state index contributed by atoms with van der Waals surface area (Å²) in [6.45, 7) is 4.05. The lowest BCUT2D eigenvalue weighted by Gasteiger charge is -2.08. The van der Waals surface area contributed by atoms with E-state index in [0.717, 1.165) is 43.4 Å². The first-order valence-electron chi connectivity index (χ1n) is 14.2. The third-order valence-corrected chi connectivity index (χ3v) is 6.07. The number of benzene rings is 1. The van der Waals surface area contributed by atoms with E-state index in [9.17, 15) is 9.59 Å². The molecule has 38 heavy (non-hydrogen) atoms. The van der Waals surface area contributed by atoms with Crippen LogP contribution in [0, 0.1) is 0 Å². The summed E-state index contributed by atoms with van der Waals surface area (Å²) in [5.74, 6) is 0.0373. The molecule has 0 bridgehead atoms. The van der Waals surface area contributed by atoms with Crippen LogP contribution in [0.15, 0.2) is 66.3 Å². The lowest BCUT2D eigenvalue weighted by molar-refractivity contribution is -0.144. The summed E-state index contributed by atoms with van der Waals surface area (Å²) in [6, 6.07) is 7.57. The van der Waals surface area contributed by atoms with E-state index in [4.69, 9.17) is 14.2 Å². The largest absolute Gasteiger partial charge is 0.497 e. The fourth-order valence-electron chi connectivity index (χ4n) is 3.69. The van der Waals surface area contributed by atoms with Crippen molar-refractivity contribution < 1.29 is 23.8 Å². The Morgan fingerprint density at radius 3 is 2.11 bits per heavy atom. The van der Waals surface area contributed by atoms with Crippen molar-refractivity contribution in [2.75, 3.05) is 20.3 Å². The zero-order chi connectivity index (χ0) is 27.7. The van der Waals surface area contributed by atoms with Gasteiger partial charge in [0.2, 0.25) is 0 Å². The molecule has 5 nitrogen and oxygen atoms in total. The van der Waals surface area contributed by atoms with E-state index in [1.807, 2.05) is 30.3 Å². The molecule has 0 atom stereocenters. The Kier molecular flexibility index (Phi) is 20.0. The number of rotatable bonds is 21. The number of unbranched alkanes of at least 4 members (excludes halogenated alkanes) is 8. The van der Waals surface area contributed by atoms with Crippen molar-refractivity contribution in [3.63, 3.8) is 0 Å². The molecule has 0 heterocycles. The quantitative estimate of drug-likeness (QED) is 0.0698. The second-order valence-electron chi connectivity index (χ2n) is 9.23. The molecular formula is C33H48O5. The molecule has 0 saturated heterocycles. The van der Waals surface area contributed by atoms with Crippen molar-refractivity contribution in [2.24, 2.45) is 0 Å². The van der Waals surface area contributed by atoms with Gasteiger partial charge in [0.25, 0.3) is 0 Å². The van der Waals surface area contributed by atoms with E-state index in [1.54, 1.807) is 26.2 Å².